The van der Waals surface area contributed by atoms with Crippen molar-refractivity contribution in [3.63, 3.8) is 0 Å². The highest BCUT2D eigenvalue weighted by Gasteiger charge is 2.20. The van der Waals surface area contributed by atoms with Gasteiger partial charge in [0.2, 0.25) is 0 Å². The second kappa shape index (κ2) is 6.54. The molecule has 0 bridgehead atoms. The van der Waals surface area contributed by atoms with Crippen molar-refractivity contribution < 1.29 is 4.74 Å². The first-order valence-corrected chi connectivity index (χ1v) is 7.22. The number of hydrogen-bond acceptors (Lipinski definition) is 5. The van der Waals surface area contributed by atoms with Crippen molar-refractivity contribution in [2.75, 3.05) is 38.2 Å². The number of anilines is 1. The Balaban J connectivity index is 1.60. The fourth-order valence-electron chi connectivity index (χ4n) is 2.65. The van der Waals surface area contributed by atoms with Crippen LogP contribution < -0.4 is 9.64 Å². The first-order chi connectivity index (χ1) is 10.4. The Kier molecular flexibility index (Phi) is 4.31. The van der Waals surface area contributed by atoms with Crippen LogP contribution in [0, 0.1) is 0 Å². The Labute approximate surface area is 125 Å². The molecular formula is C16H20N4O. The van der Waals surface area contributed by atoms with Crippen LogP contribution in [0.15, 0.2) is 42.9 Å². The van der Waals surface area contributed by atoms with Crippen molar-refractivity contribution in [2.45, 2.75) is 6.54 Å². The van der Waals surface area contributed by atoms with E-state index in [0.29, 0.717) is 0 Å². The Hall–Kier alpha value is -2.14. The van der Waals surface area contributed by atoms with Gasteiger partial charge in [0.1, 0.15) is 0 Å². The van der Waals surface area contributed by atoms with Crippen molar-refractivity contribution in [2.24, 2.45) is 0 Å². The molecule has 0 aromatic carbocycles. The molecule has 0 amide bonds. The topological polar surface area (TPSA) is 41.5 Å². The summed E-state index contributed by atoms with van der Waals surface area (Å²) in [7, 11) is 1.69. The van der Waals surface area contributed by atoms with Crippen LogP contribution in [-0.4, -0.2) is 48.2 Å². The highest BCUT2D eigenvalue weighted by atomic mass is 16.5. The van der Waals surface area contributed by atoms with Crippen LogP contribution in [-0.2, 0) is 6.54 Å². The van der Waals surface area contributed by atoms with Gasteiger partial charge in [-0.3, -0.25) is 9.88 Å². The minimum absolute atomic E-state index is 0.846. The highest BCUT2D eigenvalue weighted by molar-refractivity contribution is 5.52. The van der Waals surface area contributed by atoms with E-state index >= 15 is 0 Å². The Bertz CT molecular complexity index is 567. The molecule has 0 radical (unpaired) electrons. The third-order valence-corrected chi connectivity index (χ3v) is 3.77. The summed E-state index contributed by atoms with van der Waals surface area (Å²) in [5, 5.41) is 0. The molecule has 21 heavy (non-hydrogen) atoms. The van der Waals surface area contributed by atoms with Crippen molar-refractivity contribution in [1.29, 1.82) is 0 Å². The molecular weight excluding hydrogens is 264 g/mol. The number of nitrogens with zero attached hydrogens (tertiary/aromatic N) is 4. The van der Waals surface area contributed by atoms with E-state index in [1.807, 2.05) is 36.8 Å². The molecule has 2 aromatic rings. The zero-order chi connectivity index (χ0) is 14.5. The van der Waals surface area contributed by atoms with Gasteiger partial charge in [-0.05, 0) is 23.8 Å². The molecule has 5 heteroatoms. The van der Waals surface area contributed by atoms with Crippen LogP contribution in [0.1, 0.15) is 5.56 Å². The number of rotatable bonds is 4. The molecule has 1 aliphatic rings. The predicted molar refractivity (Wildman–Crippen MR) is 82.5 cm³/mol. The van der Waals surface area contributed by atoms with Crippen molar-refractivity contribution in [3.05, 3.63) is 48.4 Å². The maximum absolute atomic E-state index is 5.40. The van der Waals surface area contributed by atoms with E-state index in [4.69, 9.17) is 4.74 Å². The number of hydrogen-bond donors (Lipinski definition) is 0. The molecule has 1 aliphatic heterocycles. The van der Waals surface area contributed by atoms with Crippen molar-refractivity contribution in [1.82, 2.24) is 14.9 Å². The molecule has 3 rings (SSSR count). The van der Waals surface area contributed by atoms with E-state index < -0.39 is 0 Å². The van der Waals surface area contributed by atoms with Crippen LogP contribution >= 0.6 is 0 Å². The van der Waals surface area contributed by atoms with Gasteiger partial charge in [0.25, 0.3) is 0 Å². The molecule has 110 valence electrons. The van der Waals surface area contributed by atoms with Crippen LogP contribution in [0.4, 0.5) is 5.82 Å². The van der Waals surface area contributed by atoms with Gasteiger partial charge in [-0.1, -0.05) is 6.07 Å². The van der Waals surface area contributed by atoms with Gasteiger partial charge < -0.3 is 9.64 Å². The Morgan fingerprint density at radius 3 is 2.62 bits per heavy atom. The molecule has 3 heterocycles. The normalized spacial score (nSPS) is 16.0. The quantitative estimate of drug-likeness (QED) is 0.856. The van der Waals surface area contributed by atoms with Gasteiger partial charge in [-0.15, -0.1) is 0 Å². The lowest BCUT2D eigenvalue weighted by Gasteiger charge is -2.35. The van der Waals surface area contributed by atoms with E-state index in [1.54, 1.807) is 7.11 Å². The summed E-state index contributed by atoms with van der Waals surface area (Å²) >= 11 is 0. The van der Waals surface area contributed by atoms with Gasteiger partial charge in [-0.2, -0.15) is 0 Å². The lowest BCUT2D eigenvalue weighted by atomic mass is 10.2. The maximum atomic E-state index is 5.40. The summed E-state index contributed by atoms with van der Waals surface area (Å²) in [6.07, 6.45) is 5.57. The molecule has 0 spiro atoms. The van der Waals surface area contributed by atoms with E-state index in [0.717, 1.165) is 44.3 Å². The zero-order valence-corrected chi connectivity index (χ0v) is 12.3. The molecule has 2 aromatic heterocycles. The second-order valence-corrected chi connectivity index (χ2v) is 5.15. The van der Waals surface area contributed by atoms with Gasteiger partial charge >= 0.3 is 0 Å². The van der Waals surface area contributed by atoms with Gasteiger partial charge in [0.15, 0.2) is 11.6 Å². The summed E-state index contributed by atoms with van der Waals surface area (Å²) in [4.78, 5) is 13.4. The minimum Gasteiger partial charge on any atom is -0.493 e. The predicted octanol–water partition coefficient (Wildman–Crippen LogP) is 1.81. The Morgan fingerprint density at radius 1 is 1.10 bits per heavy atom. The van der Waals surface area contributed by atoms with Crippen LogP contribution in [0.5, 0.6) is 5.75 Å². The number of pyridine rings is 2. The zero-order valence-electron chi connectivity index (χ0n) is 12.3. The second-order valence-electron chi connectivity index (χ2n) is 5.15. The molecule has 0 aliphatic carbocycles. The summed E-state index contributed by atoms with van der Waals surface area (Å²) < 4.78 is 5.40. The third-order valence-electron chi connectivity index (χ3n) is 3.77. The summed E-state index contributed by atoms with van der Waals surface area (Å²) in [5.74, 6) is 1.79. The lowest BCUT2D eigenvalue weighted by Crippen LogP contribution is -2.46. The summed E-state index contributed by atoms with van der Waals surface area (Å²) in [5.41, 5.74) is 1.27. The van der Waals surface area contributed by atoms with E-state index in [1.165, 1.54) is 5.56 Å². The fraction of sp³-hybridized carbons (Fsp3) is 0.375. The maximum Gasteiger partial charge on any atom is 0.171 e. The van der Waals surface area contributed by atoms with Gasteiger partial charge in [0, 0.05) is 51.3 Å². The van der Waals surface area contributed by atoms with Gasteiger partial charge in [-0.25, -0.2) is 4.98 Å². The van der Waals surface area contributed by atoms with E-state index in [-0.39, 0.29) is 0 Å². The average molecular weight is 284 g/mol. The average Bonchev–Trinajstić information content (AvgIpc) is 2.56. The van der Waals surface area contributed by atoms with Crippen LogP contribution in [0.25, 0.3) is 0 Å². The third kappa shape index (κ3) is 3.31. The molecule has 5 nitrogen and oxygen atoms in total. The molecule has 1 fully saturated rings. The van der Waals surface area contributed by atoms with Crippen LogP contribution in [0.2, 0.25) is 0 Å². The van der Waals surface area contributed by atoms with E-state index in [9.17, 15) is 0 Å². The van der Waals surface area contributed by atoms with Crippen LogP contribution in [0.3, 0.4) is 0 Å². The first-order valence-electron chi connectivity index (χ1n) is 7.22. The molecule has 0 atom stereocenters. The number of methoxy groups -OCH3 is 1. The molecule has 0 unspecified atom stereocenters. The largest absolute Gasteiger partial charge is 0.493 e. The lowest BCUT2D eigenvalue weighted by molar-refractivity contribution is 0.248. The van der Waals surface area contributed by atoms with Crippen molar-refractivity contribution in [3.8, 4) is 5.75 Å². The molecule has 1 saturated heterocycles. The molecule has 0 N–H and O–H groups in total. The SMILES string of the molecule is COc1cccnc1N1CCN(Cc2cccnc2)CC1. The number of aromatic nitrogens is 2. The minimum atomic E-state index is 0.846. The molecule has 0 saturated carbocycles. The smallest absolute Gasteiger partial charge is 0.171 e. The number of piperazine rings is 1. The summed E-state index contributed by atoms with van der Waals surface area (Å²) in [6.45, 7) is 4.94. The fourth-order valence-corrected chi connectivity index (χ4v) is 2.65. The first kappa shape index (κ1) is 13.8. The summed E-state index contributed by atoms with van der Waals surface area (Å²) in [6, 6.07) is 7.98. The van der Waals surface area contributed by atoms with Gasteiger partial charge in [0.05, 0.1) is 7.11 Å². The van der Waals surface area contributed by atoms with E-state index in [2.05, 4.69) is 25.8 Å². The standard InChI is InChI=1S/C16H20N4O/c1-21-15-5-3-7-18-16(15)20-10-8-19(9-11-20)13-14-4-2-6-17-12-14/h2-7,12H,8-11,13H2,1H3. The highest BCUT2D eigenvalue weighted by Crippen LogP contribution is 2.25. The Morgan fingerprint density at radius 2 is 1.90 bits per heavy atom. The monoisotopic (exact) mass is 284 g/mol. The van der Waals surface area contributed by atoms with Crippen molar-refractivity contribution >= 4 is 5.82 Å². The number of ether oxygens (including phenoxy) is 1.